The third-order valence-corrected chi connectivity index (χ3v) is 12.5. The van der Waals surface area contributed by atoms with Gasteiger partial charge in [-0.2, -0.15) is 0 Å². The van der Waals surface area contributed by atoms with Gasteiger partial charge in [0.05, 0.1) is 6.10 Å². The molecule has 156 valence electrons. The van der Waals surface area contributed by atoms with Crippen molar-refractivity contribution < 1.29 is 19.1 Å². The van der Waals surface area contributed by atoms with Crippen molar-refractivity contribution in [1.82, 2.24) is 5.32 Å². The molecular formula is C21H33NO4SSi. The number of aryl methyl sites for hydroxylation is 1. The summed E-state index contributed by atoms with van der Waals surface area (Å²) in [6.45, 7) is 14.9. The lowest BCUT2D eigenvalue weighted by molar-refractivity contribution is -0.112. The number of fused-ring (bicyclic) bond motifs is 1. The Morgan fingerprint density at radius 2 is 1.93 bits per heavy atom. The summed E-state index contributed by atoms with van der Waals surface area (Å²) in [5.41, 5.74) is 0.0510. The highest BCUT2D eigenvalue weighted by Gasteiger charge is 2.74. The van der Waals surface area contributed by atoms with Crippen LogP contribution in [0.4, 0.5) is 0 Å². The molecule has 0 bridgehead atoms. The highest BCUT2D eigenvalue weighted by Crippen LogP contribution is 2.59. The fraction of sp³-hybridized carbons (Fsp3) is 0.667. The lowest BCUT2D eigenvalue weighted by Gasteiger charge is -2.43. The predicted octanol–water partition coefficient (Wildman–Crippen LogP) is 3.84. The number of carbonyl (C=O) groups is 1. The van der Waals surface area contributed by atoms with Crippen molar-refractivity contribution in [1.29, 1.82) is 0 Å². The van der Waals surface area contributed by atoms with Crippen molar-refractivity contribution in [2.24, 2.45) is 0 Å². The van der Waals surface area contributed by atoms with E-state index in [1.165, 1.54) is 5.56 Å². The van der Waals surface area contributed by atoms with Gasteiger partial charge in [-0.25, -0.2) is 0 Å². The Kier molecular flexibility index (Phi) is 5.56. The molecule has 1 heterocycles. The molecule has 5 nitrogen and oxygen atoms in total. The Bertz CT molecular complexity index is 735. The first-order chi connectivity index (χ1) is 12.8. The normalized spacial score (nSPS) is 33.3. The molecule has 7 heteroatoms. The minimum Gasteiger partial charge on any atom is -0.411 e. The van der Waals surface area contributed by atoms with Gasteiger partial charge in [0.15, 0.2) is 8.32 Å². The largest absolute Gasteiger partial charge is 0.411 e. The average Bonchev–Trinajstić information content (AvgIpc) is 3.33. The van der Waals surface area contributed by atoms with Crippen LogP contribution in [-0.4, -0.2) is 48.6 Å². The van der Waals surface area contributed by atoms with E-state index in [1.807, 2.05) is 38.1 Å². The van der Waals surface area contributed by atoms with Gasteiger partial charge in [-0.3, -0.25) is 4.79 Å². The van der Waals surface area contributed by atoms with Gasteiger partial charge >= 0.3 is 0 Å². The van der Waals surface area contributed by atoms with Crippen LogP contribution in [0.15, 0.2) is 29.2 Å². The molecule has 1 aliphatic heterocycles. The molecule has 3 rings (SSSR count). The second-order valence-corrected chi connectivity index (χ2v) is 15.9. The highest BCUT2D eigenvalue weighted by atomic mass is 32.2. The Morgan fingerprint density at radius 1 is 1.32 bits per heavy atom. The second-order valence-electron chi connectivity index (χ2n) is 9.73. The standard InChI is InChI=1S/C21H33NO4SSi/c1-14-8-10-16(11-9-14)27-21(22-13-23)12-20(24,17-18(21)25-17)15(2)26-28(6,7)19(3,4)5/h8-11,13,15,17-18,24H,12H2,1-7H3,(H,22,23)/t15-,17-,18+,20-,21+/m1/s1. The lowest BCUT2D eigenvalue weighted by Crippen LogP contribution is -2.55. The molecule has 5 atom stereocenters. The monoisotopic (exact) mass is 423 g/mol. The molecule has 1 aliphatic carbocycles. The van der Waals surface area contributed by atoms with Gasteiger partial charge in [0.25, 0.3) is 0 Å². The third-order valence-electron chi connectivity index (χ3n) is 6.60. The number of hydrogen-bond acceptors (Lipinski definition) is 5. The maximum atomic E-state index is 11.6. The number of amides is 1. The zero-order chi connectivity index (χ0) is 21.0. The van der Waals surface area contributed by atoms with Gasteiger partial charge in [-0.05, 0) is 44.1 Å². The van der Waals surface area contributed by atoms with Gasteiger partial charge in [0.2, 0.25) is 6.41 Å². The van der Waals surface area contributed by atoms with Gasteiger partial charge in [-0.15, -0.1) is 0 Å². The minimum absolute atomic E-state index is 0.0504. The van der Waals surface area contributed by atoms with E-state index in [1.54, 1.807) is 11.8 Å². The molecule has 1 saturated carbocycles. The summed E-state index contributed by atoms with van der Waals surface area (Å²) in [5, 5.41) is 14.6. The number of benzene rings is 1. The van der Waals surface area contributed by atoms with Crippen LogP contribution in [-0.2, 0) is 14.0 Å². The van der Waals surface area contributed by atoms with Crippen molar-refractivity contribution in [2.45, 2.75) is 92.9 Å². The van der Waals surface area contributed by atoms with Crippen LogP contribution in [0.1, 0.15) is 39.7 Å². The highest BCUT2D eigenvalue weighted by molar-refractivity contribution is 8.00. The molecule has 2 N–H and O–H groups in total. The fourth-order valence-corrected chi connectivity index (χ4v) is 6.58. The molecule has 1 amide bonds. The van der Waals surface area contributed by atoms with E-state index < -0.39 is 18.8 Å². The van der Waals surface area contributed by atoms with Crippen LogP contribution in [0.2, 0.25) is 18.1 Å². The molecule has 0 unspecified atom stereocenters. The summed E-state index contributed by atoms with van der Waals surface area (Å²) < 4.78 is 12.4. The summed E-state index contributed by atoms with van der Waals surface area (Å²) in [6, 6.07) is 8.18. The Morgan fingerprint density at radius 3 is 2.46 bits per heavy atom. The summed E-state index contributed by atoms with van der Waals surface area (Å²) >= 11 is 1.55. The number of hydrogen-bond donors (Lipinski definition) is 2. The topological polar surface area (TPSA) is 71.1 Å². The van der Waals surface area contributed by atoms with Crippen LogP contribution in [0.5, 0.6) is 0 Å². The van der Waals surface area contributed by atoms with E-state index in [0.29, 0.717) is 12.8 Å². The predicted molar refractivity (Wildman–Crippen MR) is 115 cm³/mol. The molecule has 1 aromatic carbocycles. The van der Waals surface area contributed by atoms with E-state index in [0.717, 1.165) is 4.90 Å². The van der Waals surface area contributed by atoms with Crippen LogP contribution < -0.4 is 5.32 Å². The zero-order valence-corrected chi connectivity index (χ0v) is 19.7. The maximum Gasteiger partial charge on any atom is 0.208 e. The quantitative estimate of drug-likeness (QED) is 0.302. The molecular weight excluding hydrogens is 390 g/mol. The minimum atomic E-state index is -2.05. The molecule has 28 heavy (non-hydrogen) atoms. The van der Waals surface area contributed by atoms with Crippen molar-refractivity contribution in [3.8, 4) is 0 Å². The van der Waals surface area contributed by atoms with E-state index in [4.69, 9.17) is 9.16 Å². The van der Waals surface area contributed by atoms with E-state index >= 15 is 0 Å². The Hall–Kier alpha value is -0.863. The van der Waals surface area contributed by atoms with E-state index in [-0.39, 0.29) is 23.4 Å². The van der Waals surface area contributed by atoms with Gasteiger partial charge in [0.1, 0.15) is 22.7 Å². The van der Waals surface area contributed by atoms with Crippen molar-refractivity contribution in [2.75, 3.05) is 0 Å². The van der Waals surface area contributed by atoms with Crippen LogP contribution in [0, 0.1) is 6.92 Å². The van der Waals surface area contributed by atoms with Crippen LogP contribution in [0.3, 0.4) is 0 Å². The van der Waals surface area contributed by atoms with Crippen molar-refractivity contribution in [3.63, 3.8) is 0 Å². The average molecular weight is 424 g/mol. The Labute approximate surface area is 173 Å². The fourth-order valence-electron chi connectivity index (χ4n) is 3.74. The number of ether oxygens (including phenoxy) is 1. The summed E-state index contributed by atoms with van der Waals surface area (Å²) in [6.07, 6.45) is 0.183. The van der Waals surface area contributed by atoms with Crippen molar-refractivity contribution >= 4 is 26.5 Å². The summed E-state index contributed by atoms with van der Waals surface area (Å²) in [4.78, 5) is 11.8. The summed E-state index contributed by atoms with van der Waals surface area (Å²) in [5.74, 6) is 0. The summed E-state index contributed by atoms with van der Waals surface area (Å²) in [7, 11) is -2.05. The van der Waals surface area contributed by atoms with Crippen LogP contribution >= 0.6 is 11.8 Å². The number of carbonyl (C=O) groups excluding carboxylic acids is 1. The van der Waals surface area contributed by atoms with Crippen molar-refractivity contribution in [3.05, 3.63) is 29.8 Å². The molecule has 0 spiro atoms. The molecule has 2 fully saturated rings. The molecule has 2 aliphatic rings. The van der Waals surface area contributed by atoms with Gasteiger partial charge < -0.3 is 19.6 Å². The van der Waals surface area contributed by atoms with Gasteiger partial charge in [-0.1, -0.05) is 50.2 Å². The van der Waals surface area contributed by atoms with E-state index in [9.17, 15) is 9.90 Å². The smallest absolute Gasteiger partial charge is 0.208 e. The molecule has 1 saturated heterocycles. The molecule has 1 aromatic rings. The number of thioether (sulfide) groups is 1. The number of nitrogens with one attached hydrogen (secondary N) is 1. The lowest BCUT2D eigenvalue weighted by atomic mass is 9.94. The SMILES string of the molecule is Cc1ccc(S[C@@]2(NC=O)C[C@@](O)([C@@H](C)O[Si](C)(C)C(C)(C)C)[C@@H]3O[C@@H]32)cc1. The van der Waals surface area contributed by atoms with Gasteiger partial charge in [0, 0.05) is 11.3 Å². The molecule has 0 radical (unpaired) electrons. The Balaban J connectivity index is 1.83. The first kappa shape index (κ1) is 21.8. The first-order valence-electron chi connectivity index (χ1n) is 9.87. The van der Waals surface area contributed by atoms with Crippen LogP contribution in [0.25, 0.3) is 0 Å². The second kappa shape index (κ2) is 7.13. The maximum absolute atomic E-state index is 11.6. The third kappa shape index (κ3) is 3.79. The number of aliphatic hydroxyl groups is 1. The molecule has 0 aromatic heterocycles. The number of rotatable bonds is 7. The first-order valence-corrected chi connectivity index (χ1v) is 13.6. The zero-order valence-electron chi connectivity index (χ0n) is 17.9. The number of epoxide rings is 1. The van der Waals surface area contributed by atoms with E-state index in [2.05, 4.69) is 39.2 Å².